The van der Waals surface area contributed by atoms with Gasteiger partial charge in [0.25, 0.3) is 5.91 Å². The Hall–Kier alpha value is -3.40. The first-order valence-electron chi connectivity index (χ1n) is 10.4. The van der Waals surface area contributed by atoms with Crippen LogP contribution < -0.4 is 10.1 Å². The minimum absolute atomic E-state index is 0.0355. The first-order chi connectivity index (χ1) is 15.9. The molecule has 1 aliphatic rings. The van der Waals surface area contributed by atoms with Crippen LogP contribution in [0.25, 0.3) is 0 Å². The molecule has 3 aromatic rings. The second kappa shape index (κ2) is 10.0. The van der Waals surface area contributed by atoms with Crippen LogP contribution in [0.5, 0.6) is 5.75 Å². The number of carbonyl (C=O) groups excluding carboxylic acids is 1. The van der Waals surface area contributed by atoms with Crippen molar-refractivity contribution in [3.63, 3.8) is 0 Å². The van der Waals surface area contributed by atoms with Crippen LogP contribution in [0.3, 0.4) is 0 Å². The van der Waals surface area contributed by atoms with Gasteiger partial charge in [0.15, 0.2) is 0 Å². The van der Waals surface area contributed by atoms with Gasteiger partial charge in [-0.2, -0.15) is 0 Å². The summed E-state index contributed by atoms with van der Waals surface area (Å²) in [5.74, 6) is -2.14. The van der Waals surface area contributed by atoms with Gasteiger partial charge >= 0.3 is 5.97 Å². The number of aliphatic carboxylic acids is 1. The monoisotopic (exact) mass is 473 g/mol. The quantitative estimate of drug-likeness (QED) is 0.517. The molecule has 0 radical (unpaired) electrons. The largest absolute Gasteiger partial charge is 0.490 e. The number of halogens is 2. The van der Waals surface area contributed by atoms with E-state index in [2.05, 4.69) is 15.5 Å². The predicted molar refractivity (Wildman–Crippen MR) is 117 cm³/mol. The van der Waals surface area contributed by atoms with Crippen LogP contribution in [0.1, 0.15) is 46.6 Å². The topological polar surface area (TPSA) is 101 Å². The molecule has 0 spiro atoms. The molecule has 1 aromatic heterocycles. The Balaban J connectivity index is 1.30. The SMILES string of the molecule is O=C(Nc1nnc(Cc2cc(F)cc(F)c2)s1)c1ccc(O[C@H]2CC[C@H](C(=O)O)CC2)cc1. The minimum Gasteiger partial charge on any atom is -0.490 e. The Bertz CT molecular complexity index is 1120. The molecular weight excluding hydrogens is 452 g/mol. The maximum absolute atomic E-state index is 13.3. The van der Waals surface area contributed by atoms with Crippen LogP contribution in [-0.2, 0) is 11.2 Å². The zero-order valence-corrected chi connectivity index (χ0v) is 18.3. The lowest BCUT2D eigenvalue weighted by Gasteiger charge is -2.26. The highest BCUT2D eigenvalue weighted by Crippen LogP contribution is 2.28. The standard InChI is InChI=1S/C23H21F2N3O4S/c24-16-9-13(10-17(25)12-16)11-20-27-28-23(33-20)26-21(29)14-1-5-18(6-2-14)32-19-7-3-15(4-8-19)22(30)31/h1-2,5-6,9-10,12,15,19H,3-4,7-8,11H2,(H,30,31)(H,26,28,29)/t15-,19-. The molecule has 2 aromatic carbocycles. The molecule has 2 N–H and O–H groups in total. The molecule has 7 nitrogen and oxygen atoms in total. The van der Waals surface area contributed by atoms with Gasteiger partial charge in [-0.05, 0) is 67.6 Å². The van der Waals surface area contributed by atoms with Crippen LogP contribution in [0.4, 0.5) is 13.9 Å². The lowest BCUT2D eigenvalue weighted by molar-refractivity contribution is -0.143. The Kier molecular flexibility index (Phi) is 6.93. The summed E-state index contributed by atoms with van der Waals surface area (Å²) >= 11 is 1.13. The molecule has 1 amide bonds. The van der Waals surface area contributed by atoms with E-state index in [-0.39, 0.29) is 29.5 Å². The van der Waals surface area contributed by atoms with Gasteiger partial charge in [-0.1, -0.05) is 11.3 Å². The third-order valence-electron chi connectivity index (χ3n) is 5.41. The molecule has 172 valence electrons. The van der Waals surface area contributed by atoms with E-state index < -0.39 is 17.6 Å². The molecule has 1 saturated carbocycles. The number of anilines is 1. The fourth-order valence-electron chi connectivity index (χ4n) is 3.74. The van der Waals surface area contributed by atoms with E-state index in [0.717, 1.165) is 17.4 Å². The van der Waals surface area contributed by atoms with Crippen LogP contribution >= 0.6 is 11.3 Å². The summed E-state index contributed by atoms with van der Waals surface area (Å²) < 4.78 is 32.6. The number of carboxylic acids is 1. The smallest absolute Gasteiger partial charge is 0.306 e. The van der Waals surface area contributed by atoms with Crippen molar-refractivity contribution in [3.05, 3.63) is 70.2 Å². The average molecular weight is 474 g/mol. The van der Waals surface area contributed by atoms with Crippen molar-refractivity contribution >= 4 is 28.3 Å². The summed E-state index contributed by atoms with van der Waals surface area (Å²) in [6.45, 7) is 0. The third kappa shape index (κ3) is 6.10. The van der Waals surface area contributed by atoms with Crippen LogP contribution in [-0.4, -0.2) is 33.3 Å². The molecule has 0 aliphatic heterocycles. The van der Waals surface area contributed by atoms with Crippen LogP contribution in [0, 0.1) is 17.6 Å². The summed E-state index contributed by atoms with van der Waals surface area (Å²) in [5, 5.41) is 20.4. The lowest BCUT2D eigenvalue weighted by atomic mass is 9.87. The minimum atomic E-state index is -0.755. The van der Waals surface area contributed by atoms with Gasteiger partial charge in [-0.3, -0.25) is 14.9 Å². The molecule has 0 saturated heterocycles. The van der Waals surface area contributed by atoms with Crippen molar-refractivity contribution in [2.45, 2.75) is 38.2 Å². The molecule has 0 unspecified atom stereocenters. The molecule has 1 fully saturated rings. The van der Waals surface area contributed by atoms with E-state index in [9.17, 15) is 18.4 Å². The number of carbonyl (C=O) groups is 2. The van der Waals surface area contributed by atoms with Gasteiger partial charge in [-0.15, -0.1) is 10.2 Å². The molecule has 1 aliphatic carbocycles. The molecule has 0 bridgehead atoms. The zero-order valence-electron chi connectivity index (χ0n) is 17.5. The van der Waals surface area contributed by atoms with Crippen molar-refractivity contribution in [1.29, 1.82) is 0 Å². The highest BCUT2D eigenvalue weighted by molar-refractivity contribution is 7.15. The van der Waals surface area contributed by atoms with Crippen molar-refractivity contribution in [2.75, 3.05) is 5.32 Å². The van der Waals surface area contributed by atoms with Gasteiger partial charge in [0, 0.05) is 18.1 Å². The third-order valence-corrected chi connectivity index (χ3v) is 6.25. The normalized spacial score (nSPS) is 18.0. The van der Waals surface area contributed by atoms with Gasteiger partial charge in [-0.25, -0.2) is 8.78 Å². The zero-order chi connectivity index (χ0) is 23.4. The number of carboxylic acid groups (broad SMARTS) is 1. The van der Waals surface area contributed by atoms with Crippen LogP contribution in [0.2, 0.25) is 0 Å². The van der Waals surface area contributed by atoms with Gasteiger partial charge in [0.1, 0.15) is 22.4 Å². The number of rotatable bonds is 7. The Morgan fingerprint density at radius 3 is 2.33 bits per heavy atom. The summed E-state index contributed by atoms with van der Waals surface area (Å²) in [6, 6.07) is 9.91. The Morgan fingerprint density at radius 1 is 1.03 bits per heavy atom. The first kappa shape index (κ1) is 22.8. The number of amides is 1. The Morgan fingerprint density at radius 2 is 1.70 bits per heavy atom. The summed E-state index contributed by atoms with van der Waals surface area (Å²) in [6.07, 6.45) is 2.72. The van der Waals surface area contributed by atoms with Crippen molar-refractivity contribution in [2.24, 2.45) is 5.92 Å². The molecule has 33 heavy (non-hydrogen) atoms. The van der Waals surface area contributed by atoms with Gasteiger partial charge < -0.3 is 9.84 Å². The van der Waals surface area contributed by atoms with E-state index in [1.165, 1.54) is 12.1 Å². The number of nitrogens with zero attached hydrogens (tertiary/aromatic N) is 2. The number of ether oxygens (including phenoxy) is 1. The van der Waals surface area contributed by atoms with Gasteiger partial charge in [0.05, 0.1) is 12.0 Å². The second-order valence-corrected chi connectivity index (χ2v) is 8.93. The first-order valence-corrected chi connectivity index (χ1v) is 11.3. The fourth-order valence-corrected chi connectivity index (χ4v) is 4.51. The molecule has 10 heteroatoms. The lowest BCUT2D eigenvalue weighted by Crippen LogP contribution is -2.27. The van der Waals surface area contributed by atoms with E-state index in [1.54, 1.807) is 24.3 Å². The van der Waals surface area contributed by atoms with Crippen molar-refractivity contribution < 1.29 is 28.2 Å². The summed E-state index contributed by atoms with van der Waals surface area (Å²) in [5.41, 5.74) is 0.828. The molecular formula is C23H21F2N3O4S. The molecule has 0 atom stereocenters. The second-order valence-electron chi connectivity index (χ2n) is 7.86. The van der Waals surface area contributed by atoms with E-state index in [4.69, 9.17) is 9.84 Å². The fraction of sp³-hybridized carbons (Fsp3) is 0.304. The van der Waals surface area contributed by atoms with Crippen LogP contribution in [0.15, 0.2) is 42.5 Å². The maximum atomic E-state index is 13.3. The molecule has 1 heterocycles. The van der Waals surface area contributed by atoms with E-state index in [0.29, 0.717) is 47.6 Å². The van der Waals surface area contributed by atoms with Crippen molar-refractivity contribution in [1.82, 2.24) is 10.2 Å². The number of hydrogen-bond donors (Lipinski definition) is 2. The number of benzene rings is 2. The van der Waals surface area contributed by atoms with Crippen molar-refractivity contribution in [3.8, 4) is 5.75 Å². The predicted octanol–water partition coefficient (Wildman–Crippen LogP) is 4.68. The maximum Gasteiger partial charge on any atom is 0.306 e. The number of hydrogen-bond acceptors (Lipinski definition) is 6. The Labute approximate surface area is 192 Å². The highest BCUT2D eigenvalue weighted by atomic mass is 32.1. The van der Waals surface area contributed by atoms with E-state index >= 15 is 0 Å². The van der Waals surface area contributed by atoms with Gasteiger partial charge in [0.2, 0.25) is 5.13 Å². The summed E-state index contributed by atoms with van der Waals surface area (Å²) in [7, 11) is 0. The average Bonchev–Trinajstić information content (AvgIpc) is 3.20. The van der Waals surface area contributed by atoms with E-state index in [1.807, 2.05) is 0 Å². The highest BCUT2D eigenvalue weighted by Gasteiger charge is 2.26. The number of aromatic nitrogens is 2. The summed E-state index contributed by atoms with van der Waals surface area (Å²) in [4.78, 5) is 23.6. The molecule has 4 rings (SSSR count). The number of nitrogens with one attached hydrogen (secondary N) is 1.